The van der Waals surface area contributed by atoms with Crippen molar-refractivity contribution in [2.24, 2.45) is 0 Å². The molecule has 114 valence electrons. The van der Waals surface area contributed by atoms with Crippen molar-refractivity contribution in [1.29, 1.82) is 0 Å². The van der Waals surface area contributed by atoms with Gasteiger partial charge in [-0.25, -0.2) is 4.98 Å². The molecule has 0 amide bonds. The van der Waals surface area contributed by atoms with Gasteiger partial charge in [-0.2, -0.15) is 0 Å². The minimum atomic E-state index is -0.979. The highest BCUT2D eigenvalue weighted by Gasteiger charge is 2.19. The minimum Gasteiger partial charge on any atom is -0.361 e. The molecule has 0 radical (unpaired) electrons. The summed E-state index contributed by atoms with van der Waals surface area (Å²) >= 11 is 1.73. The second kappa shape index (κ2) is 6.83. The maximum absolute atomic E-state index is 12.2. The predicted molar refractivity (Wildman–Crippen MR) is 84.7 cm³/mol. The summed E-state index contributed by atoms with van der Waals surface area (Å²) in [4.78, 5) is 4.70. The van der Waals surface area contributed by atoms with Crippen LogP contribution in [0.25, 0.3) is 0 Å². The highest BCUT2D eigenvalue weighted by molar-refractivity contribution is 7.83. The molecule has 2 aromatic heterocycles. The van der Waals surface area contributed by atoms with E-state index in [4.69, 9.17) is 9.51 Å². The third-order valence-corrected chi connectivity index (χ3v) is 6.11. The maximum atomic E-state index is 12.2. The molecule has 21 heavy (non-hydrogen) atoms. The predicted octanol–water partition coefficient (Wildman–Crippen LogP) is 3.94. The monoisotopic (exact) mass is 324 g/mol. The standard InChI is InChI=1S/C15H20N2O2S2/c1-11-7-13(17-19-11)9-21(18)10-14-8-20-15(16-14)12-5-3-2-4-6-12/h7-8,12H,2-6,9-10H2,1H3/t21-/m1/s1. The van der Waals surface area contributed by atoms with Crippen LogP contribution in [0.2, 0.25) is 0 Å². The first-order valence-electron chi connectivity index (χ1n) is 7.42. The highest BCUT2D eigenvalue weighted by atomic mass is 32.2. The van der Waals surface area contributed by atoms with Crippen molar-refractivity contribution in [1.82, 2.24) is 10.1 Å². The number of rotatable bonds is 5. The average Bonchev–Trinajstić information content (AvgIpc) is 3.09. The van der Waals surface area contributed by atoms with Crippen molar-refractivity contribution in [2.75, 3.05) is 0 Å². The first-order valence-corrected chi connectivity index (χ1v) is 9.79. The number of nitrogens with zero attached hydrogens (tertiary/aromatic N) is 2. The molecule has 1 aliphatic rings. The molecule has 1 atom stereocenters. The van der Waals surface area contributed by atoms with E-state index in [9.17, 15) is 4.21 Å². The van der Waals surface area contributed by atoms with Gasteiger partial charge < -0.3 is 4.52 Å². The summed E-state index contributed by atoms with van der Waals surface area (Å²) in [6, 6.07) is 1.84. The van der Waals surface area contributed by atoms with Gasteiger partial charge in [0.1, 0.15) is 5.76 Å². The Morgan fingerprint density at radius 1 is 1.29 bits per heavy atom. The van der Waals surface area contributed by atoms with Crippen LogP contribution in [0, 0.1) is 6.92 Å². The van der Waals surface area contributed by atoms with E-state index < -0.39 is 10.8 Å². The van der Waals surface area contributed by atoms with E-state index in [0.717, 1.165) is 17.1 Å². The molecule has 1 aliphatic carbocycles. The SMILES string of the molecule is Cc1cc(C[S@@](=O)Cc2csc(C3CCCCC3)n2)no1. The second-order valence-corrected chi connectivity index (χ2v) is 8.02. The van der Waals surface area contributed by atoms with Crippen LogP contribution in [0.3, 0.4) is 0 Å². The van der Waals surface area contributed by atoms with Gasteiger partial charge in [-0.3, -0.25) is 4.21 Å². The molecule has 0 aromatic carbocycles. The van der Waals surface area contributed by atoms with Crippen LogP contribution in [-0.2, 0) is 22.3 Å². The van der Waals surface area contributed by atoms with Gasteiger partial charge in [-0.15, -0.1) is 11.3 Å². The van der Waals surface area contributed by atoms with E-state index in [1.165, 1.54) is 37.1 Å². The third kappa shape index (κ3) is 4.01. The molecule has 0 N–H and O–H groups in total. The summed E-state index contributed by atoms with van der Waals surface area (Å²) in [5.41, 5.74) is 1.72. The van der Waals surface area contributed by atoms with Crippen molar-refractivity contribution in [3.8, 4) is 0 Å². The Hall–Kier alpha value is -1.01. The fourth-order valence-electron chi connectivity index (χ4n) is 2.79. The first kappa shape index (κ1) is 14.9. The molecule has 4 nitrogen and oxygen atoms in total. The van der Waals surface area contributed by atoms with Gasteiger partial charge in [-0.05, 0) is 19.8 Å². The lowest BCUT2D eigenvalue weighted by atomic mass is 9.90. The highest BCUT2D eigenvalue weighted by Crippen LogP contribution is 2.34. The molecule has 1 saturated carbocycles. The van der Waals surface area contributed by atoms with Crippen molar-refractivity contribution in [3.05, 3.63) is 33.6 Å². The van der Waals surface area contributed by atoms with E-state index in [-0.39, 0.29) is 0 Å². The van der Waals surface area contributed by atoms with Crippen LogP contribution < -0.4 is 0 Å². The lowest BCUT2D eigenvalue weighted by molar-refractivity contribution is 0.392. The lowest BCUT2D eigenvalue weighted by Gasteiger charge is -2.18. The molecule has 2 heterocycles. The van der Waals surface area contributed by atoms with Gasteiger partial charge in [0, 0.05) is 28.2 Å². The Bertz CT molecular complexity index is 615. The van der Waals surface area contributed by atoms with Crippen molar-refractivity contribution < 1.29 is 8.73 Å². The maximum Gasteiger partial charge on any atom is 0.133 e. The third-order valence-electron chi connectivity index (χ3n) is 3.82. The van der Waals surface area contributed by atoms with Crippen LogP contribution in [0.1, 0.15) is 60.2 Å². The van der Waals surface area contributed by atoms with Gasteiger partial charge >= 0.3 is 0 Å². The van der Waals surface area contributed by atoms with Gasteiger partial charge in [-0.1, -0.05) is 24.4 Å². The molecule has 6 heteroatoms. The zero-order valence-corrected chi connectivity index (χ0v) is 13.8. The lowest BCUT2D eigenvalue weighted by Crippen LogP contribution is -2.05. The largest absolute Gasteiger partial charge is 0.361 e. The Morgan fingerprint density at radius 2 is 2.05 bits per heavy atom. The molecule has 3 rings (SSSR count). The fourth-order valence-corrected chi connectivity index (χ4v) is 4.94. The molecule has 1 fully saturated rings. The number of hydrogen-bond donors (Lipinski definition) is 0. The topological polar surface area (TPSA) is 56.0 Å². The molecule has 0 saturated heterocycles. The zero-order valence-electron chi connectivity index (χ0n) is 12.2. The molecule has 0 aliphatic heterocycles. The number of aryl methyl sites for hydroxylation is 1. The van der Waals surface area contributed by atoms with E-state index >= 15 is 0 Å². The summed E-state index contributed by atoms with van der Waals surface area (Å²) < 4.78 is 17.2. The van der Waals surface area contributed by atoms with E-state index in [2.05, 4.69) is 10.5 Å². The van der Waals surface area contributed by atoms with Crippen LogP contribution in [0.4, 0.5) is 0 Å². The number of hydrogen-bond acceptors (Lipinski definition) is 5. The van der Waals surface area contributed by atoms with E-state index in [1.807, 2.05) is 13.0 Å². The van der Waals surface area contributed by atoms with E-state index in [1.54, 1.807) is 11.3 Å². The summed E-state index contributed by atoms with van der Waals surface area (Å²) in [7, 11) is -0.979. The Kier molecular flexibility index (Phi) is 4.85. The van der Waals surface area contributed by atoms with Gasteiger partial charge in [0.2, 0.25) is 0 Å². The van der Waals surface area contributed by atoms with Crippen LogP contribution in [-0.4, -0.2) is 14.3 Å². The van der Waals surface area contributed by atoms with Gasteiger partial charge in [0.15, 0.2) is 0 Å². The Balaban J connectivity index is 1.57. The van der Waals surface area contributed by atoms with E-state index in [0.29, 0.717) is 17.4 Å². The minimum absolute atomic E-state index is 0.438. The fraction of sp³-hybridized carbons (Fsp3) is 0.600. The quantitative estimate of drug-likeness (QED) is 0.836. The average molecular weight is 324 g/mol. The summed E-state index contributed by atoms with van der Waals surface area (Å²) in [6.07, 6.45) is 6.51. The van der Waals surface area contributed by atoms with Crippen LogP contribution in [0.5, 0.6) is 0 Å². The summed E-state index contributed by atoms with van der Waals surface area (Å²) in [6.45, 7) is 1.84. The zero-order chi connectivity index (χ0) is 14.7. The molecule has 0 unspecified atom stereocenters. The molecule has 0 spiro atoms. The van der Waals surface area contributed by atoms with Crippen molar-refractivity contribution in [3.63, 3.8) is 0 Å². The number of thiazole rings is 1. The van der Waals surface area contributed by atoms with Crippen molar-refractivity contribution in [2.45, 2.75) is 56.5 Å². The molecular formula is C15H20N2O2S2. The van der Waals surface area contributed by atoms with Gasteiger partial charge in [0.05, 0.1) is 27.9 Å². The molecule has 0 bridgehead atoms. The smallest absolute Gasteiger partial charge is 0.133 e. The summed E-state index contributed by atoms with van der Waals surface area (Å²) in [5, 5.41) is 7.19. The van der Waals surface area contributed by atoms with Crippen LogP contribution >= 0.6 is 11.3 Å². The number of aromatic nitrogens is 2. The summed E-state index contributed by atoms with van der Waals surface area (Å²) in [5.74, 6) is 2.34. The second-order valence-electron chi connectivity index (χ2n) is 5.67. The van der Waals surface area contributed by atoms with Crippen molar-refractivity contribution >= 4 is 22.1 Å². The Labute approximate surface area is 131 Å². The molecular weight excluding hydrogens is 304 g/mol. The normalized spacial score (nSPS) is 18.0. The first-order chi connectivity index (χ1) is 10.2. The van der Waals surface area contributed by atoms with Gasteiger partial charge in [0.25, 0.3) is 0 Å². The molecule has 2 aromatic rings. The Morgan fingerprint density at radius 3 is 2.76 bits per heavy atom. The van der Waals surface area contributed by atoms with Crippen LogP contribution in [0.15, 0.2) is 16.0 Å².